The number of carbonyl (C=O) groups is 1. The number of nitrogens with zero attached hydrogens (tertiary/aromatic N) is 1. The number of ether oxygens (including phenoxy) is 2. The first kappa shape index (κ1) is 21.0. The molecule has 0 spiro atoms. The van der Waals surface area contributed by atoms with E-state index >= 15 is 0 Å². The molecule has 154 valence electrons. The number of rotatable bonds is 3. The quantitative estimate of drug-likeness (QED) is 0.743. The molecule has 7 heteroatoms. The summed E-state index contributed by atoms with van der Waals surface area (Å²) in [4.78, 5) is 13.9. The van der Waals surface area contributed by atoms with E-state index < -0.39 is 23.9 Å². The number of methoxy groups -OCH3 is 1. The topological polar surface area (TPSA) is 57.2 Å². The Bertz CT molecular complexity index is 734. The molecule has 2 fully saturated rings. The maximum atomic E-state index is 12.1. The zero-order valence-corrected chi connectivity index (χ0v) is 18.3. The summed E-state index contributed by atoms with van der Waals surface area (Å²) in [7, 11) is 1.19. The molecule has 0 aliphatic carbocycles. The minimum Gasteiger partial charge on any atom is -0.497 e. The zero-order valence-electron chi connectivity index (χ0n) is 18.3. The van der Waals surface area contributed by atoms with Crippen LogP contribution >= 0.6 is 0 Å². The second-order valence-corrected chi connectivity index (χ2v) is 9.67. The predicted molar refractivity (Wildman–Crippen MR) is 109 cm³/mol. The average molecular weight is 389 g/mol. The minimum atomic E-state index is -0.476. The molecule has 0 saturated carbocycles. The molecular weight excluding hydrogens is 357 g/mol. The molecule has 0 unspecified atom stereocenters. The van der Waals surface area contributed by atoms with Gasteiger partial charge in [-0.05, 0) is 60.1 Å². The molecule has 1 aromatic rings. The highest BCUT2D eigenvalue weighted by Gasteiger charge is 2.52. The van der Waals surface area contributed by atoms with E-state index in [1.54, 1.807) is 12.0 Å². The lowest BCUT2D eigenvalue weighted by Gasteiger charge is -2.40. The number of hydrogen-bond donors (Lipinski definition) is 0. The van der Waals surface area contributed by atoms with Crippen LogP contribution in [0.1, 0.15) is 59.9 Å². The standard InChI is InChI=1S/C21H32BNO5/c1-19(2,3)26-18(24)23-12-15(13-23)14-9-10-16(17(11-14)25-8)22-27-20(4,5)21(6,7)28-22/h9-11,15H,12-13H2,1-8H3. The maximum absolute atomic E-state index is 12.1. The van der Waals surface area contributed by atoms with Gasteiger partial charge in [-0.3, -0.25) is 0 Å². The van der Waals surface area contributed by atoms with E-state index in [4.69, 9.17) is 18.8 Å². The normalized spacial score (nSPS) is 21.4. The van der Waals surface area contributed by atoms with Crippen LogP contribution in [0.3, 0.4) is 0 Å². The molecule has 6 nitrogen and oxygen atoms in total. The van der Waals surface area contributed by atoms with Crippen molar-refractivity contribution in [2.24, 2.45) is 0 Å². The monoisotopic (exact) mass is 389 g/mol. The van der Waals surface area contributed by atoms with E-state index in [1.807, 2.05) is 60.6 Å². The van der Waals surface area contributed by atoms with Crippen molar-refractivity contribution < 1.29 is 23.6 Å². The summed E-state index contributed by atoms with van der Waals surface area (Å²) in [6, 6.07) is 6.10. The molecule has 2 saturated heterocycles. The van der Waals surface area contributed by atoms with Crippen molar-refractivity contribution in [3.8, 4) is 5.75 Å². The third-order valence-electron chi connectivity index (χ3n) is 5.77. The lowest BCUT2D eigenvalue weighted by atomic mass is 9.77. The van der Waals surface area contributed by atoms with Crippen LogP contribution in [-0.2, 0) is 14.0 Å². The van der Waals surface area contributed by atoms with Gasteiger partial charge >= 0.3 is 13.2 Å². The zero-order chi connectivity index (χ0) is 20.9. The van der Waals surface area contributed by atoms with Crippen LogP contribution in [0.25, 0.3) is 0 Å². The van der Waals surface area contributed by atoms with Gasteiger partial charge < -0.3 is 23.7 Å². The van der Waals surface area contributed by atoms with Crippen LogP contribution in [0.15, 0.2) is 18.2 Å². The van der Waals surface area contributed by atoms with Gasteiger partial charge in [0.15, 0.2) is 0 Å². The molecule has 0 bridgehead atoms. The highest BCUT2D eigenvalue weighted by molar-refractivity contribution is 6.63. The van der Waals surface area contributed by atoms with E-state index in [0.717, 1.165) is 16.8 Å². The van der Waals surface area contributed by atoms with Gasteiger partial charge in [0.1, 0.15) is 11.4 Å². The summed E-state index contributed by atoms with van der Waals surface area (Å²) in [5.74, 6) is 1.01. The first-order valence-corrected chi connectivity index (χ1v) is 9.84. The highest BCUT2D eigenvalue weighted by atomic mass is 16.7. The van der Waals surface area contributed by atoms with Crippen molar-refractivity contribution >= 4 is 18.7 Å². The summed E-state index contributed by atoms with van der Waals surface area (Å²) in [5, 5.41) is 0. The number of likely N-dealkylation sites (tertiary alicyclic amines) is 1. The molecule has 0 atom stereocenters. The first-order valence-electron chi connectivity index (χ1n) is 9.84. The summed E-state index contributed by atoms with van der Waals surface area (Å²) in [6.45, 7) is 15.1. The van der Waals surface area contributed by atoms with Crippen LogP contribution in [0.4, 0.5) is 4.79 Å². The SMILES string of the molecule is COc1cc(C2CN(C(=O)OC(C)(C)C)C2)ccc1B1OC(C)(C)C(C)(C)O1. The van der Waals surface area contributed by atoms with Crippen LogP contribution in [-0.4, -0.2) is 55.1 Å². The molecule has 1 aromatic carbocycles. The maximum Gasteiger partial charge on any atom is 0.498 e. The summed E-state index contributed by atoms with van der Waals surface area (Å²) in [5.41, 5.74) is 0.743. The number of hydrogen-bond acceptors (Lipinski definition) is 5. The Kier molecular flexibility index (Phi) is 5.22. The van der Waals surface area contributed by atoms with Gasteiger partial charge in [-0.15, -0.1) is 0 Å². The third kappa shape index (κ3) is 4.01. The highest BCUT2D eigenvalue weighted by Crippen LogP contribution is 2.38. The Morgan fingerprint density at radius 3 is 2.21 bits per heavy atom. The molecule has 1 amide bonds. The minimum absolute atomic E-state index is 0.260. The second-order valence-electron chi connectivity index (χ2n) is 9.67. The van der Waals surface area contributed by atoms with Crippen LogP contribution in [0.5, 0.6) is 5.75 Å². The van der Waals surface area contributed by atoms with Crippen LogP contribution in [0.2, 0.25) is 0 Å². The fraction of sp³-hybridized carbons (Fsp3) is 0.667. The Hall–Kier alpha value is -1.73. The van der Waals surface area contributed by atoms with Crippen LogP contribution in [0, 0.1) is 0 Å². The van der Waals surface area contributed by atoms with E-state index in [0.29, 0.717) is 13.1 Å². The molecule has 2 heterocycles. The molecule has 2 aliphatic rings. The lowest BCUT2D eigenvalue weighted by Crippen LogP contribution is -2.50. The van der Waals surface area contributed by atoms with Gasteiger partial charge in [0, 0.05) is 24.5 Å². The Morgan fingerprint density at radius 2 is 1.71 bits per heavy atom. The van der Waals surface area contributed by atoms with E-state index in [1.165, 1.54) is 0 Å². The molecule has 3 rings (SSSR count). The molecule has 0 N–H and O–H groups in total. The number of carbonyl (C=O) groups excluding carboxylic acids is 1. The van der Waals surface area contributed by atoms with Gasteiger partial charge in [0.05, 0.1) is 18.3 Å². The van der Waals surface area contributed by atoms with Crippen molar-refractivity contribution in [3.05, 3.63) is 23.8 Å². The smallest absolute Gasteiger partial charge is 0.497 e. The van der Waals surface area contributed by atoms with Crippen molar-refractivity contribution in [1.82, 2.24) is 4.90 Å². The van der Waals surface area contributed by atoms with Crippen LogP contribution < -0.4 is 10.2 Å². The fourth-order valence-corrected chi connectivity index (χ4v) is 3.31. The fourth-order valence-electron chi connectivity index (χ4n) is 3.31. The molecule has 2 aliphatic heterocycles. The third-order valence-corrected chi connectivity index (χ3v) is 5.77. The molecule has 0 aromatic heterocycles. The van der Waals surface area contributed by atoms with Gasteiger partial charge in [0.2, 0.25) is 0 Å². The summed E-state index contributed by atoms with van der Waals surface area (Å²) in [6.07, 6.45) is -0.260. The largest absolute Gasteiger partial charge is 0.498 e. The lowest BCUT2D eigenvalue weighted by molar-refractivity contribution is 0.00578. The average Bonchev–Trinajstić information content (AvgIpc) is 2.71. The van der Waals surface area contributed by atoms with Crippen molar-refractivity contribution in [2.75, 3.05) is 20.2 Å². The second kappa shape index (κ2) is 6.96. The molecular formula is C21H32BNO5. The van der Waals surface area contributed by atoms with E-state index in [9.17, 15) is 4.79 Å². The van der Waals surface area contributed by atoms with E-state index in [2.05, 4.69) is 6.07 Å². The number of benzene rings is 1. The van der Waals surface area contributed by atoms with E-state index in [-0.39, 0.29) is 12.0 Å². The molecule has 28 heavy (non-hydrogen) atoms. The van der Waals surface area contributed by atoms with Gasteiger partial charge in [-0.1, -0.05) is 12.1 Å². The van der Waals surface area contributed by atoms with Gasteiger partial charge in [-0.2, -0.15) is 0 Å². The van der Waals surface area contributed by atoms with Crippen molar-refractivity contribution in [1.29, 1.82) is 0 Å². The van der Waals surface area contributed by atoms with Gasteiger partial charge in [0.25, 0.3) is 0 Å². The Labute approximate surface area is 168 Å². The summed E-state index contributed by atoms with van der Waals surface area (Å²) < 4.78 is 23.4. The Morgan fingerprint density at radius 1 is 1.14 bits per heavy atom. The van der Waals surface area contributed by atoms with Crippen molar-refractivity contribution in [2.45, 2.75) is 71.2 Å². The Balaban J connectivity index is 1.69. The molecule has 0 radical (unpaired) electrons. The first-order chi connectivity index (χ1) is 12.8. The predicted octanol–water partition coefficient (Wildman–Crippen LogP) is 3.33. The van der Waals surface area contributed by atoms with Gasteiger partial charge in [-0.25, -0.2) is 4.79 Å². The summed E-state index contributed by atoms with van der Waals surface area (Å²) >= 11 is 0. The van der Waals surface area contributed by atoms with Crippen molar-refractivity contribution in [3.63, 3.8) is 0 Å². The number of amides is 1.